The Morgan fingerprint density at radius 2 is 1.71 bits per heavy atom. The third-order valence-electron chi connectivity index (χ3n) is 5.10. The first-order valence-corrected chi connectivity index (χ1v) is 8.33. The van der Waals surface area contributed by atoms with E-state index in [0.29, 0.717) is 5.92 Å². The van der Waals surface area contributed by atoms with E-state index in [9.17, 15) is 0 Å². The summed E-state index contributed by atoms with van der Waals surface area (Å²) in [5.74, 6) is 2.05. The summed E-state index contributed by atoms with van der Waals surface area (Å²) in [4.78, 5) is 2.61. The van der Waals surface area contributed by atoms with E-state index in [4.69, 9.17) is 4.74 Å². The molecule has 3 rings (SSSR count). The third kappa shape index (κ3) is 2.83. The van der Waals surface area contributed by atoms with Crippen LogP contribution in [0.15, 0.2) is 18.2 Å². The third-order valence-corrected chi connectivity index (χ3v) is 5.10. The van der Waals surface area contributed by atoms with E-state index < -0.39 is 0 Å². The maximum atomic E-state index is 5.62. The maximum absolute atomic E-state index is 5.62. The maximum Gasteiger partial charge on any atom is 0.0515 e. The number of ether oxygens (including phenoxy) is 1. The van der Waals surface area contributed by atoms with Gasteiger partial charge >= 0.3 is 0 Å². The van der Waals surface area contributed by atoms with Gasteiger partial charge in [0.2, 0.25) is 0 Å². The molecule has 2 atom stereocenters. The van der Waals surface area contributed by atoms with E-state index in [1.165, 1.54) is 16.8 Å². The highest BCUT2D eigenvalue weighted by Crippen LogP contribution is 2.38. The van der Waals surface area contributed by atoms with Crippen LogP contribution < -0.4 is 4.90 Å². The average molecular weight is 287 g/mol. The van der Waals surface area contributed by atoms with Crippen molar-refractivity contribution >= 4 is 5.69 Å². The first-order chi connectivity index (χ1) is 9.86. The van der Waals surface area contributed by atoms with Gasteiger partial charge < -0.3 is 9.64 Å². The van der Waals surface area contributed by atoms with Crippen LogP contribution in [-0.2, 0) is 10.2 Å². The molecule has 2 aliphatic rings. The van der Waals surface area contributed by atoms with Crippen molar-refractivity contribution in [3.8, 4) is 0 Å². The summed E-state index contributed by atoms with van der Waals surface area (Å²) in [6, 6.07) is 7.11. The van der Waals surface area contributed by atoms with Crippen molar-refractivity contribution in [1.82, 2.24) is 0 Å². The van der Waals surface area contributed by atoms with Crippen molar-refractivity contribution in [2.75, 3.05) is 31.2 Å². The molecule has 0 unspecified atom stereocenters. The first kappa shape index (κ1) is 14.9. The topological polar surface area (TPSA) is 12.5 Å². The lowest BCUT2D eigenvalue weighted by molar-refractivity contribution is 0.177. The average Bonchev–Trinajstić information content (AvgIpc) is 2.97. The van der Waals surface area contributed by atoms with E-state index in [0.717, 1.165) is 38.1 Å². The van der Waals surface area contributed by atoms with Gasteiger partial charge in [-0.25, -0.2) is 0 Å². The monoisotopic (exact) mass is 287 g/mol. The highest BCUT2D eigenvalue weighted by Gasteiger charge is 2.38. The SMILES string of the molecule is CC(C)c1ccc(C(C)(C)C)cc1N1C[C@H]2COC[C@@H]2C1. The van der Waals surface area contributed by atoms with Crippen molar-refractivity contribution < 1.29 is 4.74 Å². The molecule has 0 saturated carbocycles. The molecule has 0 aromatic heterocycles. The van der Waals surface area contributed by atoms with Crippen LogP contribution in [-0.4, -0.2) is 26.3 Å². The van der Waals surface area contributed by atoms with Crippen LogP contribution in [0.25, 0.3) is 0 Å². The highest BCUT2D eigenvalue weighted by atomic mass is 16.5. The molecule has 116 valence electrons. The Morgan fingerprint density at radius 1 is 1.10 bits per heavy atom. The molecule has 0 amide bonds. The van der Waals surface area contributed by atoms with Crippen molar-refractivity contribution in [3.63, 3.8) is 0 Å². The predicted octanol–water partition coefficient (Wildman–Crippen LogP) is 4.19. The number of nitrogens with zero attached hydrogens (tertiary/aromatic N) is 1. The Kier molecular flexibility index (Phi) is 3.77. The van der Waals surface area contributed by atoms with Gasteiger partial charge in [0.15, 0.2) is 0 Å². The fraction of sp³-hybridized carbons (Fsp3) is 0.684. The Morgan fingerprint density at radius 3 is 2.24 bits per heavy atom. The lowest BCUT2D eigenvalue weighted by Gasteiger charge is -2.28. The standard InChI is InChI=1S/C19H29NO/c1-13(2)17-7-6-16(19(3,4)5)8-18(17)20-9-14-11-21-12-15(14)10-20/h6-8,13-15H,9-12H2,1-5H3/t14-,15-/m0/s1. The molecule has 21 heavy (non-hydrogen) atoms. The van der Waals surface area contributed by atoms with Crippen LogP contribution in [0.2, 0.25) is 0 Å². The van der Waals surface area contributed by atoms with Crippen LogP contribution in [0.1, 0.15) is 51.7 Å². The summed E-state index contributed by atoms with van der Waals surface area (Å²) in [6.45, 7) is 15.7. The van der Waals surface area contributed by atoms with Gasteiger partial charge in [-0.15, -0.1) is 0 Å². The van der Waals surface area contributed by atoms with Gasteiger partial charge in [0, 0.05) is 30.6 Å². The van der Waals surface area contributed by atoms with E-state index in [1.807, 2.05) is 0 Å². The van der Waals surface area contributed by atoms with E-state index in [2.05, 4.69) is 57.7 Å². The van der Waals surface area contributed by atoms with Crippen molar-refractivity contribution in [3.05, 3.63) is 29.3 Å². The van der Waals surface area contributed by atoms with E-state index >= 15 is 0 Å². The van der Waals surface area contributed by atoms with Gasteiger partial charge in [-0.2, -0.15) is 0 Å². The number of anilines is 1. The minimum absolute atomic E-state index is 0.211. The lowest BCUT2D eigenvalue weighted by Crippen LogP contribution is -2.24. The van der Waals surface area contributed by atoms with Gasteiger partial charge in [-0.1, -0.05) is 46.8 Å². The zero-order chi connectivity index (χ0) is 15.2. The number of hydrogen-bond acceptors (Lipinski definition) is 2. The summed E-state index contributed by atoms with van der Waals surface area (Å²) in [7, 11) is 0. The fourth-order valence-electron chi connectivity index (χ4n) is 3.66. The molecular formula is C19H29NO. The second-order valence-corrected chi connectivity index (χ2v) is 8.14. The van der Waals surface area contributed by atoms with E-state index in [1.54, 1.807) is 0 Å². The molecule has 2 heterocycles. The Labute approximate surface area is 129 Å². The van der Waals surface area contributed by atoms with Crippen LogP contribution in [0, 0.1) is 11.8 Å². The molecule has 0 radical (unpaired) electrons. The quantitative estimate of drug-likeness (QED) is 0.808. The molecule has 0 spiro atoms. The number of fused-ring (bicyclic) bond motifs is 1. The van der Waals surface area contributed by atoms with Gasteiger partial charge in [0.25, 0.3) is 0 Å². The molecule has 2 fully saturated rings. The molecule has 2 saturated heterocycles. The van der Waals surface area contributed by atoms with Gasteiger partial charge in [0.1, 0.15) is 0 Å². The van der Waals surface area contributed by atoms with Crippen LogP contribution in [0.4, 0.5) is 5.69 Å². The molecule has 1 aromatic rings. The number of rotatable bonds is 2. The van der Waals surface area contributed by atoms with Gasteiger partial charge in [0.05, 0.1) is 13.2 Å². The summed E-state index contributed by atoms with van der Waals surface area (Å²) in [5.41, 5.74) is 4.61. The molecule has 0 bridgehead atoms. The zero-order valence-corrected chi connectivity index (χ0v) is 14.1. The molecular weight excluding hydrogens is 258 g/mol. The van der Waals surface area contributed by atoms with Crippen LogP contribution in [0.5, 0.6) is 0 Å². The fourth-order valence-corrected chi connectivity index (χ4v) is 3.66. The molecule has 0 aliphatic carbocycles. The Bertz CT molecular complexity index is 503. The van der Waals surface area contributed by atoms with E-state index in [-0.39, 0.29) is 5.41 Å². The first-order valence-electron chi connectivity index (χ1n) is 8.33. The minimum Gasteiger partial charge on any atom is -0.381 e. The van der Waals surface area contributed by atoms with Gasteiger partial charge in [-0.3, -0.25) is 0 Å². The summed E-state index contributed by atoms with van der Waals surface area (Å²) in [6.07, 6.45) is 0. The second-order valence-electron chi connectivity index (χ2n) is 8.14. The normalized spacial score (nSPS) is 25.7. The minimum atomic E-state index is 0.211. The molecule has 2 nitrogen and oxygen atoms in total. The van der Waals surface area contributed by atoms with Crippen molar-refractivity contribution in [2.24, 2.45) is 11.8 Å². The summed E-state index contributed by atoms with van der Waals surface area (Å²) < 4.78 is 5.62. The summed E-state index contributed by atoms with van der Waals surface area (Å²) >= 11 is 0. The molecule has 2 aliphatic heterocycles. The highest BCUT2D eigenvalue weighted by molar-refractivity contribution is 5.58. The molecule has 1 aromatic carbocycles. The molecule has 0 N–H and O–H groups in total. The van der Waals surface area contributed by atoms with Crippen molar-refractivity contribution in [1.29, 1.82) is 0 Å². The largest absolute Gasteiger partial charge is 0.381 e. The summed E-state index contributed by atoms with van der Waals surface area (Å²) in [5, 5.41) is 0. The zero-order valence-electron chi connectivity index (χ0n) is 14.1. The number of benzene rings is 1. The predicted molar refractivity (Wildman–Crippen MR) is 89.2 cm³/mol. The number of hydrogen-bond donors (Lipinski definition) is 0. The second kappa shape index (κ2) is 5.31. The molecule has 2 heteroatoms. The Hall–Kier alpha value is -1.02. The van der Waals surface area contributed by atoms with Crippen LogP contribution in [0.3, 0.4) is 0 Å². The van der Waals surface area contributed by atoms with Gasteiger partial charge in [-0.05, 0) is 28.5 Å². The van der Waals surface area contributed by atoms with Crippen molar-refractivity contribution in [2.45, 2.75) is 46.0 Å². The smallest absolute Gasteiger partial charge is 0.0515 e. The lowest BCUT2D eigenvalue weighted by atomic mass is 9.85. The Balaban J connectivity index is 1.95. The van der Waals surface area contributed by atoms with Crippen LogP contribution >= 0.6 is 0 Å².